The Labute approximate surface area is 87.1 Å². The van der Waals surface area contributed by atoms with Crippen LogP contribution in [-0.4, -0.2) is 32.7 Å². The topological polar surface area (TPSA) is 29.5 Å². The van der Waals surface area contributed by atoms with Gasteiger partial charge >= 0.3 is 0 Å². The molecule has 1 rings (SSSR count). The van der Waals surface area contributed by atoms with Crippen LogP contribution in [0, 0.1) is 0 Å². The Balaban J connectivity index is 2.55. The molecule has 1 heterocycles. The third-order valence-corrected chi connectivity index (χ3v) is 3.05. The van der Waals surface area contributed by atoms with Gasteiger partial charge in [-0.1, -0.05) is 22.6 Å². The predicted molar refractivity (Wildman–Crippen MR) is 54.4 cm³/mol. The van der Waals surface area contributed by atoms with Gasteiger partial charge in [-0.15, -0.1) is 0 Å². The SMILES string of the molecule is O=C1C(I)COCCN1I. The summed E-state index contributed by atoms with van der Waals surface area (Å²) in [5, 5.41) is 0. The summed E-state index contributed by atoms with van der Waals surface area (Å²) in [7, 11) is 0. The molecule has 1 atom stereocenters. The highest BCUT2D eigenvalue weighted by atomic mass is 127. The van der Waals surface area contributed by atoms with Gasteiger partial charge in [-0.3, -0.25) is 7.91 Å². The molecule has 0 aromatic rings. The fourth-order valence-corrected chi connectivity index (χ4v) is 2.32. The lowest BCUT2D eigenvalue weighted by atomic mass is 10.4. The highest BCUT2D eigenvalue weighted by Crippen LogP contribution is 2.13. The summed E-state index contributed by atoms with van der Waals surface area (Å²) >= 11 is 4.12. The molecule has 1 amide bonds. The molecule has 1 saturated heterocycles. The summed E-state index contributed by atoms with van der Waals surface area (Å²) in [5.74, 6) is 0.165. The minimum atomic E-state index is -0.00278. The molecule has 3 nitrogen and oxygen atoms in total. The molecule has 0 N–H and O–H groups in total. The van der Waals surface area contributed by atoms with Crippen LogP contribution >= 0.6 is 45.5 Å². The summed E-state index contributed by atoms with van der Waals surface area (Å²) in [6.45, 7) is 1.92. The molecular weight excluding hydrogens is 360 g/mol. The standard InChI is InChI=1S/C5H7I2NO2/c6-4-3-10-2-1-8(7)5(4)9/h4H,1-3H2. The van der Waals surface area contributed by atoms with Crippen LogP contribution in [0.5, 0.6) is 0 Å². The Bertz CT molecular complexity index is 128. The predicted octanol–water partition coefficient (Wildman–Crippen LogP) is 0.999. The normalized spacial score (nSPS) is 28.4. The van der Waals surface area contributed by atoms with Gasteiger partial charge in [-0.2, -0.15) is 0 Å². The molecule has 0 aromatic heterocycles. The van der Waals surface area contributed by atoms with Crippen molar-refractivity contribution in [2.45, 2.75) is 3.92 Å². The maximum atomic E-state index is 11.2. The van der Waals surface area contributed by atoms with Gasteiger partial charge in [-0.05, 0) is 0 Å². The summed E-state index contributed by atoms with van der Waals surface area (Å²) in [6.07, 6.45) is 0. The molecule has 0 aliphatic carbocycles. The van der Waals surface area contributed by atoms with Crippen molar-refractivity contribution < 1.29 is 9.53 Å². The smallest absolute Gasteiger partial charge is 0.246 e. The van der Waals surface area contributed by atoms with Crippen molar-refractivity contribution in [2.75, 3.05) is 19.8 Å². The van der Waals surface area contributed by atoms with Gasteiger partial charge in [0.1, 0.15) is 3.92 Å². The van der Waals surface area contributed by atoms with E-state index in [9.17, 15) is 4.79 Å². The monoisotopic (exact) mass is 367 g/mol. The molecule has 1 unspecified atom stereocenters. The van der Waals surface area contributed by atoms with E-state index in [0.717, 1.165) is 0 Å². The number of halogens is 2. The lowest BCUT2D eigenvalue weighted by molar-refractivity contribution is -0.123. The second-order valence-electron chi connectivity index (χ2n) is 1.97. The Morgan fingerprint density at radius 2 is 2.40 bits per heavy atom. The summed E-state index contributed by atoms with van der Waals surface area (Å²) in [4.78, 5) is 11.2. The van der Waals surface area contributed by atoms with Crippen LogP contribution in [0.3, 0.4) is 0 Å². The Morgan fingerprint density at radius 3 is 3.10 bits per heavy atom. The number of amides is 1. The van der Waals surface area contributed by atoms with E-state index in [2.05, 4.69) is 22.6 Å². The molecule has 10 heavy (non-hydrogen) atoms. The molecule has 5 heteroatoms. The fourth-order valence-electron chi connectivity index (χ4n) is 0.665. The third kappa shape index (κ3) is 2.19. The first kappa shape index (κ1) is 8.98. The number of nitrogens with zero attached hydrogens (tertiary/aromatic N) is 1. The third-order valence-electron chi connectivity index (χ3n) is 1.20. The molecule has 1 aliphatic heterocycles. The highest BCUT2D eigenvalue weighted by Gasteiger charge is 2.22. The molecule has 0 bridgehead atoms. The van der Waals surface area contributed by atoms with Gasteiger partial charge in [0.2, 0.25) is 5.91 Å². The van der Waals surface area contributed by atoms with E-state index in [4.69, 9.17) is 4.74 Å². The van der Waals surface area contributed by atoms with Gasteiger partial charge in [-0.25, -0.2) is 0 Å². The number of carbonyl (C=O) groups excluding carboxylic acids is 1. The fraction of sp³-hybridized carbons (Fsp3) is 0.800. The molecule has 1 fully saturated rings. The summed E-state index contributed by atoms with van der Waals surface area (Å²) in [6, 6.07) is 0. The van der Waals surface area contributed by atoms with Gasteiger partial charge in [0.15, 0.2) is 0 Å². The zero-order valence-corrected chi connectivity index (χ0v) is 9.53. The minimum absolute atomic E-state index is 0.00278. The molecule has 0 radical (unpaired) electrons. The van der Waals surface area contributed by atoms with Crippen LogP contribution in [0.1, 0.15) is 0 Å². The van der Waals surface area contributed by atoms with Crippen molar-refractivity contribution >= 4 is 51.4 Å². The van der Waals surface area contributed by atoms with Crippen molar-refractivity contribution in [3.05, 3.63) is 0 Å². The molecule has 58 valence electrons. The molecule has 1 aliphatic rings. The zero-order valence-electron chi connectivity index (χ0n) is 5.22. The lowest BCUT2D eigenvalue weighted by Crippen LogP contribution is -2.28. The first-order valence-electron chi connectivity index (χ1n) is 2.91. The average molecular weight is 367 g/mol. The summed E-state index contributed by atoms with van der Waals surface area (Å²) < 4.78 is 6.85. The number of ether oxygens (including phenoxy) is 1. The van der Waals surface area contributed by atoms with Crippen molar-refractivity contribution in [1.82, 2.24) is 3.11 Å². The Morgan fingerprint density at radius 1 is 1.70 bits per heavy atom. The van der Waals surface area contributed by atoms with E-state index in [1.54, 1.807) is 3.11 Å². The second-order valence-corrected chi connectivity index (χ2v) is 4.63. The molecule has 0 aromatic carbocycles. The van der Waals surface area contributed by atoms with Crippen LogP contribution < -0.4 is 0 Å². The zero-order chi connectivity index (χ0) is 7.56. The van der Waals surface area contributed by atoms with Crippen LogP contribution in [0.2, 0.25) is 0 Å². The molecular formula is C5H7I2NO2. The summed E-state index contributed by atoms with van der Waals surface area (Å²) in [5.41, 5.74) is 0. The van der Waals surface area contributed by atoms with E-state index >= 15 is 0 Å². The van der Waals surface area contributed by atoms with Crippen molar-refractivity contribution in [3.63, 3.8) is 0 Å². The van der Waals surface area contributed by atoms with Crippen LogP contribution in [-0.2, 0) is 9.53 Å². The van der Waals surface area contributed by atoms with Gasteiger partial charge in [0, 0.05) is 0 Å². The van der Waals surface area contributed by atoms with Crippen molar-refractivity contribution in [1.29, 1.82) is 0 Å². The first-order chi connectivity index (χ1) is 4.72. The second kappa shape index (κ2) is 4.05. The number of hydrogen-bond acceptors (Lipinski definition) is 2. The van der Waals surface area contributed by atoms with Gasteiger partial charge in [0.05, 0.1) is 42.6 Å². The number of hydrogen-bond donors (Lipinski definition) is 0. The quantitative estimate of drug-likeness (QED) is 0.363. The Hall–Kier alpha value is 0.890. The van der Waals surface area contributed by atoms with E-state index in [1.165, 1.54) is 0 Å². The van der Waals surface area contributed by atoms with Gasteiger partial charge in [0.25, 0.3) is 0 Å². The Kier molecular flexibility index (Phi) is 3.64. The largest absolute Gasteiger partial charge is 0.378 e. The minimum Gasteiger partial charge on any atom is -0.378 e. The van der Waals surface area contributed by atoms with E-state index in [0.29, 0.717) is 19.8 Å². The average Bonchev–Trinajstić information content (AvgIpc) is 2.04. The number of carbonyl (C=O) groups is 1. The first-order valence-corrected chi connectivity index (χ1v) is 5.12. The van der Waals surface area contributed by atoms with E-state index < -0.39 is 0 Å². The maximum Gasteiger partial charge on any atom is 0.246 e. The van der Waals surface area contributed by atoms with Gasteiger partial charge < -0.3 is 4.74 Å². The van der Waals surface area contributed by atoms with Crippen LogP contribution in [0.25, 0.3) is 0 Å². The molecule has 0 saturated carbocycles. The molecule has 0 spiro atoms. The van der Waals surface area contributed by atoms with Crippen LogP contribution in [0.15, 0.2) is 0 Å². The van der Waals surface area contributed by atoms with E-state index in [-0.39, 0.29) is 9.83 Å². The maximum absolute atomic E-state index is 11.2. The van der Waals surface area contributed by atoms with E-state index in [1.807, 2.05) is 22.9 Å². The lowest BCUT2D eigenvalue weighted by Gasteiger charge is -2.10. The van der Waals surface area contributed by atoms with Crippen LogP contribution in [0.4, 0.5) is 0 Å². The number of rotatable bonds is 0. The highest BCUT2D eigenvalue weighted by molar-refractivity contribution is 14.1. The number of alkyl halides is 1. The van der Waals surface area contributed by atoms with Crippen molar-refractivity contribution in [2.24, 2.45) is 0 Å². The van der Waals surface area contributed by atoms with Crippen molar-refractivity contribution in [3.8, 4) is 0 Å².